The average molecular weight is 191 g/mol. The van der Waals surface area contributed by atoms with Gasteiger partial charge < -0.3 is 14.5 Å². The number of rotatable bonds is 2. The Kier molecular flexibility index (Phi) is 2.08. The van der Waals surface area contributed by atoms with Crippen molar-refractivity contribution >= 4 is 10.9 Å². The van der Waals surface area contributed by atoms with Gasteiger partial charge in [0.1, 0.15) is 11.5 Å². The zero-order chi connectivity index (χ0) is 10.1. The monoisotopic (exact) mass is 191 g/mol. The Hall–Kier alpha value is -1.64. The molecule has 0 spiro atoms. The molecule has 0 amide bonds. The normalized spacial score (nSPS) is 10.5. The van der Waals surface area contributed by atoms with E-state index in [4.69, 9.17) is 9.47 Å². The van der Waals surface area contributed by atoms with E-state index in [-0.39, 0.29) is 0 Å². The standard InChI is InChI=1S/C11H13NO2/c1-7-6-8-9(13-2)4-5-10(14-3)11(8)12-7/h4-6,12H,1-3H3. The molecule has 3 heteroatoms. The molecule has 0 saturated carbocycles. The Balaban J connectivity index is 2.77. The highest BCUT2D eigenvalue weighted by molar-refractivity contribution is 5.91. The first-order valence-corrected chi connectivity index (χ1v) is 4.46. The number of aromatic nitrogens is 1. The molecule has 0 aliphatic carbocycles. The summed E-state index contributed by atoms with van der Waals surface area (Å²) in [4.78, 5) is 3.25. The molecule has 14 heavy (non-hydrogen) atoms. The van der Waals surface area contributed by atoms with Gasteiger partial charge in [0.05, 0.1) is 19.7 Å². The number of H-pyrrole nitrogens is 1. The minimum atomic E-state index is 0.842. The number of fused-ring (bicyclic) bond motifs is 1. The van der Waals surface area contributed by atoms with Crippen LogP contribution in [0.2, 0.25) is 0 Å². The van der Waals surface area contributed by atoms with Gasteiger partial charge in [0.15, 0.2) is 0 Å². The van der Waals surface area contributed by atoms with E-state index in [1.807, 2.05) is 19.1 Å². The molecule has 0 unspecified atom stereocenters. The minimum absolute atomic E-state index is 0.842. The number of hydrogen-bond donors (Lipinski definition) is 1. The number of aryl methyl sites for hydroxylation is 1. The molecule has 2 rings (SSSR count). The van der Waals surface area contributed by atoms with Crippen molar-refractivity contribution in [2.45, 2.75) is 6.92 Å². The van der Waals surface area contributed by atoms with Crippen LogP contribution in [0.5, 0.6) is 11.5 Å². The van der Waals surface area contributed by atoms with Gasteiger partial charge in [0.2, 0.25) is 0 Å². The lowest BCUT2D eigenvalue weighted by Crippen LogP contribution is -1.87. The molecule has 0 atom stereocenters. The van der Waals surface area contributed by atoms with E-state index >= 15 is 0 Å². The van der Waals surface area contributed by atoms with Crippen LogP contribution in [0.3, 0.4) is 0 Å². The second-order valence-corrected chi connectivity index (χ2v) is 3.21. The first-order chi connectivity index (χ1) is 6.76. The maximum atomic E-state index is 5.26. The van der Waals surface area contributed by atoms with Gasteiger partial charge in [-0.3, -0.25) is 0 Å². The molecule has 3 nitrogen and oxygen atoms in total. The minimum Gasteiger partial charge on any atom is -0.496 e. The lowest BCUT2D eigenvalue weighted by Gasteiger charge is -2.05. The van der Waals surface area contributed by atoms with Gasteiger partial charge in [-0.05, 0) is 25.1 Å². The molecule has 1 aromatic heterocycles. The zero-order valence-electron chi connectivity index (χ0n) is 8.55. The summed E-state index contributed by atoms with van der Waals surface area (Å²) in [5.74, 6) is 1.71. The van der Waals surface area contributed by atoms with Gasteiger partial charge >= 0.3 is 0 Å². The summed E-state index contributed by atoms with van der Waals surface area (Å²) in [7, 11) is 3.33. The molecule has 0 aliphatic heterocycles. The molecule has 0 bridgehead atoms. The molecular weight excluding hydrogens is 178 g/mol. The maximum absolute atomic E-state index is 5.26. The Bertz CT molecular complexity index is 419. The molecule has 74 valence electrons. The highest BCUT2D eigenvalue weighted by atomic mass is 16.5. The number of hydrogen-bond acceptors (Lipinski definition) is 2. The second kappa shape index (κ2) is 3.25. The van der Waals surface area contributed by atoms with Crippen LogP contribution in [0.1, 0.15) is 5.69 Å². The number of ether oxygens (including phenoxy) is 2. The molecule has 1 heterocycles. The van der Waals surface area contributed by atoms with Crippen LogP contribution in [0.4, 0.5) is 0 Å². The fraction of sp³-hybridized carbons (Fsp3) is 0.273. The highest BCUT2D eigenvalue weighted by Gasteiger charge is 2.08. The highest BCUT2D eigenvalue weighted by Crippen LogP contribution is 2.32. The SMILES string of the molecule is COc1ccc(OC)c2[nH]c(C)cc12. The van der Waals surface area contributed by atoms with Crippen LogP contribution in [0, 0.1) is 6.92 Å². The maximum Gasteiger partial charge on any atom is 0.143 e. The summed E-state index contributed by atoms with van der Waals surface area (Å²) in [6.07, 6.45) is 0. The third-order valence-electron chi connectivity index (χ3n) is 2.29. The quantitative estimate of drug-likeness (QED) is 0.791. The number of methoxy groups -OCH3 is 2. The Morgan fingerprint density at radius 3 is 2.36 bits per heavy atom. The van der Waals surface area contributed by atoms with E-state index in [1.54, 1.807) is 14.2 Å². The van der Waals surface area contributed by atoms with Crippen LogP contribution in [-0.2, 0) is 0 Å². The molecular formula is C11H13NO2. The van der Waals surface area contributed by atoms with Crippen molar-refractivity contribution in [2.75, 3.05) is 14.2 Å². The van der Waals surface area contributed by atoms with Gasteiger partial charge in [-0.1, -0.05) is 0 Å². The Morgan fingerprint density at radius 2 is 1.71 bits per heavy atom. The van der Waals surface area contributed by atoms with Crippen molar-refractivity contribution in [3.8, 4) is 11.5 Å². The topological polar surface area (TPSA) is 34.2 Å². The molecule has 1 N–H and O–H groups in total. The summed E-state index contributed by atoms with van der Waals surface area (Å²) in [5.41, 5.74) is 2.09. The number of nitrogens with one attached hydrogen (secondary N) is 1. The molecule has 0 radical (unpaired) electrons. The van der Waals surface area contributed by atoms with Gasteiger partial charge in [-0.15, -0.1) is 0 Å². The van der Waals surface area contributed by atoms with E-state index in [0.717, 1.165) is 28.1 Å². The van der Waals surface area contributed by atoms with Gasteiger partial charge in [0, 0.05) is 11.1 Å². The summed E-state index contributed by atoms with van der Waals surface area (Å²) >= 11 is 0. The van der Waals surface area contributed by atoms with Crippen LogP contribution in [0.15, 0.2) is 18.2 Å². The third kappa shape index (κ3) is 1.21. The molecule has 2 aromatic rings. The van der Waals surface area contributed by atoms with Crippen molar-refractivity contribution in [3.63, 3.8) is 0 Å². The van der Waals surface area contributed by atoms with Crippen molar-refractivity contribution in [1.82, 2.24) is 4.98 Å². The first-order valence-electron chi connectivity index (χ1n) is 4.46. The summed E-state index contributed by atoms with van der Waals surface area (Å²) in [6.45, 7) is 2.01. The predicted octanol–water partition coefficient (Wildman–Crippen LogP) is 2.49. The van der Waals surface area contributed by atoms with Crippen molar-refractivity contribution in [1.29, 1.82) is 0 Å². The molecule has 0 aliphatic rings. The molecule has 0 fully saturated rings. The van der Waals surface area contributed by atoms with Crippen LogP contribution in [-0.4, -0.2) is 19.2 Å². The second-order valence-electron chi connectivity index (χ2n) is 3.21. The van der Waals surface area contributed by atoms with E-state index in [0.29, 0.717) is 0 Å². The fourth-order valence-electron chi connectivity index (χ4n) is 1.65. The lowest BCUT2D eigenvalue weighted by molar-refractivity contribution is 0.410. The predicted molar refractivity (Wildman–Crippen MR) is 56.1 cm³/mol. The largest absolute Gasteiger partial charge is 0.496 e. The number of aromatic amines is 1. The lowest BCUT2D eigenvalue weighted by atomic mass is 10.2. The van der Waals surface area contributed by atoms with E-state index < -0.39 is 0 Å². The summed E-state index contributed by atoms with van der Waals surface area (Å²) in [6, 6.07) is 5.86. The van der Waals surface area contributed by atoms with Gasteiger partial charge in [-0.25, -0.2) is 0 Å². The van der Waals surface area contributed by atoms with Gasteiger partial charge in [0.25, 0.3) is 0 Å². The van der Waals surface area contributed by atoms with Crippen molar-refractivity contribution in [2.24, 2.45) is 0 Å². The average Bonchev–Trinajstić information content (AvgIpc) is 2.57. The van der Waals surface area contributed by atoms with Crippen LogP contribution in [0.25, 0.3) is 10.9 Å². The first kappa shape index (κ1) is 8.94. The zero-order valence-corrected chi connectivity index (χ0v) is 8.55. The van der Waals surface area contributed by atoms with E-state index in [1.165, 1.54) is 0 Å². The van der Waals surface area contributed by atoms with Crippen molar-refractivity contribution in [3.05, 3.63) is 23.9 Å². The van der Waals surface area contributed by atoms with E-state index in [2.05, 4.69) is 11.1 Å². The smallest absolute Gasteiger partial charge is 0.143 e. The molecule has 1 aromatic carbocycles. The van der Waals surface area contributed by atoms with Gasteiger partial charge in [-0.2, -0.15) is 0 Å². The fourth-order valence-corrected chi connectivity index (χ4v) is 1.65. The van der Waals surface area contributed by atoms with Crippen LogP contribution < -0.4 is 9.47 Å². The Labute approximate surface area is 82.6 Å². The third-order valence-corrected chi connectivity index (χ3v) is 2.29. The summed E-state index contributed by atoms with van der Waals surface area (Å²) in [5, 5.41) is 1.06. The Morgan fingerprint density at radius 1 is 1.07 bits per heavy atom. The molecule has 0 saturated heterocycles. The van der Waals surface area contributed by atoms with Crippen LogP contribution >= 0.6 is 0 Å². The number of benzene rings is 1. The summed E-state index contributed by atoms with van der Waals surface area (Å²) < 4.78 is 10.5. The van der Waals surface area contributed by atoms with Crippen molar-refractivity contribution < 1.29 is 9.47 Å². The van der Waals surface area contributed by atoms with E-state index in [9.17, 15) is 0 Å².